The molecular formula is C22H24FN3O3. The third-order valence-corrected chi connectivity index (χ3v) is 5.82. The van der Waals surface area contributed by atoms with Crippen LogP contribution in [0.4, 0.5) is 14.0 Å². The number of nitrogens with one attached hydrogen (secondary N) is 1. The zero-order valence-electron chi connectivity index (χ0n) is 16.1. The number of halogens is 1. The highest BCUT2D eigenvalue weighted by atomic mass is 19.1. The summed E-state index contributed by atoms with van der Waals surface area (Å²) >= 11 is 0. The molecule has 0 unspecified atom stereocenters. The van der Waals surface area contributed by atoms with Gasteiger partial charge in [-0.1, -0.05) is 48.5 Å². The van der Waals surface area contributed by atoms with Gasteiger partial charge >= 0.3 is 12.1 Å². The lowest BCUT2D eigenvalue weighted by Crippen LogP contribution is -2.54. The summed E-state index contributed by atoms with van der Waals surface area (Å²) in [6, 6.07) is 13.6. The van der Waals surface area contributed by atoms with Gasteiger partial charge in [0.2, 0.25) is 0 Å². The molecule has 2 saturated heterocycles. The van der Waals surface area contributed by atoms with Gasteiger partial charge in [0.05, 0.1) is 12.1 Å². The molecule has 29 heavy (non-hydrogen) atoms. The molecule has 6 nitrogen and oxygen atoms in total. The monoisotopic (exact) mass is 397 g/mol. The van der Waals surface area contributed by atoms with E-state index in [2.05, 4.69) is 5.32 Å². The van der Waals surface area contributed by atoms with Crippen LogP contribution in [0, 0.1) is 5.82 Å². The zero-order valence-corrected chi connectivity index (χ0v) is 16.1. The average molecular weight is 397 g/mol. The minimum atomic E-state index is -1.13. The van der Waals surface area contributed by atoms with E-state index in [0.29, 0.717) is 24.1 Å². The Morgan fingerprint density at radius 2 is 1.83 bits per heavy atom. The maximum absolute atomic E-state index is 15.3. The van der Waals surface area contributed by atoms with Gasteiger partial charge in [0.15, 0.2) is 0 Å². The lowest BCUT2D eigenvalue weighted by molar-refractivity contribution is 0.119. The highest BCUT2D eigenvalue weighted by molar-refractivity contribution is 5.76. The van der Waals surface area contributed by atoms with Gasteiger partial charge in [0, 0.05) is 25.2 Å². The van der Waals surface area contributed by atoms with E-state index in [1.54, 1.807) is 28.0 Å². The fourth-order valence-electron chi connectivity index (χ4n) is 4.16. The summed E-state index contributed by atoms with van der Waals surface area (Å²) in [5.74, 6) is -0.323. The average Bonchev–Trinajstić information content (AvgIpc) is 3.04. The molecule has 2 N–H and O–H groups in total. The van der Waals surface area contributed by atoms with Crippen LogP contribution in [0.2, 0.25) is 0 Å². The smallest absolute Gasteiger partial charge is 0.404 e. The van der Waals surface area contributed by atoms with Crippen molar-refractivity contribution >= 4 is 12.1 Å². The number of rotatable bonds is 4. The quantitative estimate of drug-likeness (QED) is 0.828. The second-order valence-corrected chi connectivity index (χ2v) is 7.58. The Morgan fingerprint density at radius 3 is 2.48 bits per heavy atom. The van der Waals surface area contributed by atoms with Crippen molar-refractivity contribution in [3.05, 3.63) is 59.9 Å². The topological polar surface area (TPSA) is 72.9 Å². The molecule has 3 amide bonds. The molecular weight excluding hydrogens is 373 g/mol. The number of amides is 3. The minimum Gasteiger partial charge on any atom is -0.465 e. The minimum absolute atomic E-state index is 0.0874. The van der Waals surface area contributed by atoms with E-state index in [4.69, 9.17) is 0 Å². The van der Waals surface area contributed by atoms with Crippen molar-refractivity contribution in [2.75, 3.05) is 19.6 Å². The Bertz CT molecular complexity index is 901. The molecule has 0 aromatic heterocycles. The van der Waals surface area contributed by atoms with E-state index in [0.717, 1.165) is 25.1 Å². The molecule has 0 radical (unpaired) electrons. The molecule has 2 fully saturated rings. The van der Waals surface area contributed by atoms with Gasteiger partial charge in [0.1, 0.15) is 5.82 Å². The first-order valence-electron chi connectivity index (χ1n) is 9.92. The van der Waals surface area contributed by atoms with Crippen LogP contribution in [-0.2, 0) is 6.42 Å². The molecule has 152 valence electrons. The molecule has 2 atom stereocenters. The molecule has 7 heteroatoms. The van der Waals surface area contributed by atoms with Crippen LogP contribution in [0.5, 0.6) is 0 Å². The first kappa shape index (κ1) is 19.2. The number of nitrogens with zero attached hydrogens (tertiary/aromatic N) is 2. The predicted molar refractivity (Wildman–Crippen MR) is 107 cm³/mol. The van der Waals surface area contributed by atoms with Gasteiger partial charge in [0.25, 0.3) is 0 Å². The van der Waals surface area contributed by atoms with Gasteiger partial charge in [-0.25, -0.2) is 14.0 Å². The van der Waals surface area contributed by atoms with Crippen LogP contribution >= 0.6 is 0 Å². The van der Waals surface area contributed by atoms with Crippen molar-refractivity contribution in [2.24, 2.45) is 0 Å². The summed E-state index contributed by atoms with van der Waals surface area (Å²) in [4.78, 5) is 27.5. The SMILES string of the molecule is O=C(O)N[C@H]1CCN(C(=O)N2CCC2)[C@H]1Cc1cccc(-c2ccccc2)c1F. The van der Waals surface area contributed by atoms with Crippen molar-refractivity contribution in [1.82, 2.24) is 15.1 Å². The summed E-state index contributed by atoms with van der Waals surface area (Å²) in [6.45, 7) is 1.90. The molecule has 2 aromatic rings. The second kappa shape index (κ2) is 8.11. The van der Waals surface area contributed by atoms with E-state index in [9.17, 15) is 14.7 Å². The van der Waals surface area contributed by atoms with Gasteiger partial charge in [-0.05, 0) is 30.4 Å². The Kier molecular flexibility index (Phi) is 5.38. The van der Waals surface area contributed by atoms with E-state index < -0.39 is 18.2 Å². The molecule has 0 saturated carbocycles. The van der Waals surface area contributed by atoms with Crippen molar-refractivity contribution < 1.29 is 19.1 Å². The largest absolute Gasteiger partial charge is 0.465 e. The Labute approximate surface area is 168 Å². The number of likely N-dealkylation sites (tertiary alicyclic amines) is 2. The molecule has 0 bridgehead atoms. The predicted octanol–water partition coefficient (Wildman–Crippen LogP) is 3.57. The van der Waals surface area contributed by atoms with Crippen LogP contribution < -0.4 is 5.32 Å². The number of benzene rings is 2. The zero-order chi connectivity index (χ0) is 20.4. The third kappa shape index (κ3) is 3.90. The van der Waals surface area contributed by atoms with E-state index in [-0.39, 0.29) is 18.3 Å². The fourth-order valence-corrected chi connectivity index (χ4v) is 4.16. The Balaban J connectivity index is 1.62. The second-order valence-electron chi connectivity index (χ2n) is 7.58. The number of urea groups is 1. The summed E-state index contributed by atoms with van der Waals surface area (Å²) in [5.41, 5.74) is 1.77. The van der Waals surface area contributed by atoms with Crippen molar-refractivity contribution in [3.63, 3.8) is 0 Å². The van der Waals surface area contributed by atoms with Crippen molar-refractivity contribution in [1.29, 1.82) is 0 Å². The van der Waals surface area contributed by atoms with E-state index in [1.165, 1.54) is 0 Å². The lowest BCUT2D eigenvalue weighted by atomic mass is 9.95. The highest BCUT2D eigenvalue weighted by Gasteiger charge is 2.40. The lowest BCUT2D eigenvalue weighted by Gasteiger charge is -2.37. The number of carbonyl (C=O) groups is 2. The number of hydrogen-bond acceptors (Lipinski definition) is 2. The Morgan fingerprint density at radius 1 is 1.07 bits per heavy atom. The summed E-state index contributed by atoms with van der Waals surface area (Å²) in [5, 5.41) is 11.7. The van der Waals surface area contributed by atoms with Crippen molar-refractivity contribution in [2.45, 2.75) is 31.3 Å². The molecule has 0 aliphatic carbocycles. The number of hydrogen-bond donors (Lipinski definition) is 2. The summed E-state index contributed by atoms with van der Waals surface area (Å²) < 4.78 is 15.3. The molecule has 2 aliphatic rings. The van der Waals surface area contributed by atoms with Crippen molar-refractivity contribution in [3.8, 4) is 11.1 Å². The number of carboxylic acid groups (broad SMARTS) is 1. The Hall–Kier alpha value is -3.09. The maximum atomic E-state index is 15.3. The first-order chi connectivity index (χ1) is 14.0. The molecule has 2 aromatic carbocycles. The van der Waals surface area contributed by atoms with Gasteiger partial charge in [-0.15, -0.1) is 0 Å². The summed E-state index contributed by atoms with van der Waals surface area (Å²) in [7, 11) is 0. The molecule has 2 aliphatic heterocycles. The molecule has 0 spiro atoms. The highest BCUT2D eigenvalue weighted by Crippen LogP contribution is 2.29. The van der Waals surface area contributed by atoms with Gasteiger partial charge < -0.3 is 20.2 Å². The van der Waals surface area contributed by atoms with Crippen LogP contribution in [0.1, 0.15) is 18.4 Å². The van der Waals surface area contributed by atoms with Crippen LogP contribution in [-0.4, -0.2) is 58.7 Å². The number of carbonyl (C=O) groups excluding carboxylic acids is 1. The summed E-state index contributed by atoms with van der Waals surface area (Å²) in [6.07, 6.45) is 0.638. The first-order valence-corrected chi connectivity index (χ1v) is 9.92. The van der Waals surface area contributed by atoms with Crippen LogP contribution in [0.25, 0.3) is 11.1 Å². The van der Waals surface area contributed by atoms with E-state index in [1.807, 2.05) is 30.3 Å². The van der Waals surface area contributed by atoms with E-state index >= 15 is 4.39 Å². The third-order valence-electron chi connectivity index (χ3n) is 5.82. The fraction of sp³-hybridized carbons (Fsp3) is 0.364. The normalized spacial score (nSPS) is 21.0. The maximum Gasteiger partial charge on any atom is 0.404 e. The van der Waals surface area contributed by atoms with Gasteiger partial charge in [-0.2, -0.15) is 0 Å². The standard InChI is InChI=1S/C22H24FN3O3/c23-20-16(8-4-9-17(20)15-6-2-1-3-7-15)14-19-18(24-21(27)28)10-13-26(19)22(29)25-11-5-12-25/h1-4,6-9,18-19,24H,5,10-14H2,(H,27,28)/t18-,19-/m0/s1. The van der Waals surface area contributed by atoms with Gasteiger partial charge in [-0.3, -0.25) is 0 Å². The van der Waals surface area contributed by atoms with Crippen LogP contribution in [0.15, 0.2) is 48.5 Å². The molecule has 4 rings (SSSR count). The van der Waals surface area contributed by atoms with Crippen LogP contribution in [0.3, 0.4) is 0 Å². The molecule has 2 heterocycles.